The summed E-state index contributed by atoms with van der Waals surface area (Å²) in [6, 6.07) is 13.9. The van der Waals surface area contributed by atoms with Gasteiger partial charge in [-0.05, 0) is 66.6 Å². The fourth-order valence-corrected chi connectivity index (χ4v) is 5.00. The van der Waals surface area contributed by atoms with Gasteiger partial charge in [0.15, 0.2) is 6.61 Å². The number of alkyl halides is 3. The van der Waals surface area contributed by atoms with Crippen LogP contribution in [0, 0.1) is 0 Å². The van der Waals surface area contributed by atoms with E-state index >= 15 is 0 Å². The van der Waals surface area contributed by atoms with Gasteiger partial charge in [-0.15, -0.1) is 0 Å². The molecule has 1 N–H and O–H groups in total. The van der Waals surface area contributed by atoms with Gasteiger partial charge in [0.2, 0.25) is 0 Å². The fraction of sp³-hybridized carbons (Fsp3) is 0.345. The Bertz CT molecular complexity index is 1660. The summed E-state index contributed by atoms with van der Waals surface area (Å²) in [6.45, 7) is 3.98. The summed E-state index contributed by atoms with van der Waals surface area (Å²) in [5.41, 5.74) is 1.63. The van der Waals surface area contributed by atoms with Gasteiger partial charge >= 0.3 is 11.9 Å². The molecule has 3 heterocycles. The van der Waals surface area contributed by atoms with Crippen LogP contribution in [0.5, 0.6) is 5.75 Å². The van der Waals surface area contributed by atoms with Gasteiger partial charge < -0.3 is 19.5 Å². The number of piperazine rings is 1. The van der Waals surface area contributed by atoms with Gasteiger partial charge in [-0.25, -0.2) is 4.79 Å². The van der Waals surface area contributed by atoms with Crippen molar-refractivity contribution in [2.24, 2.45) is 7.05 Å². The molecule has 1 fully saturated rings. The van der Waals surface area contributed by atoms with Gasteiger partial charge in [-0.1, -0.05) is 6.92 Å². The number of benzene rings is 2. The van der Waals surface area contributed by atoms with Crippen LogP contribution in [0.3, 0.4) is 0 Å². The molecular weight excluding hydrogens is 539 g/mol. The number of aryl methyl sites for hydroxylation is 1. The number of ether oxygens (including phenoxy) is 1. The second-order valence-electron chi connectivity index (χ2n) is 9.97. The molecule has 1 saturated heterocycles. The second kappa shape index (κ2) is 11.2. The highest BCUT2D eigenvalue weighted by Gasteiger charge is 2.30. The van der Waals surface area contributed by atoms with Crippen LogP contribution < -0.4 is 20.9 Å². The number of rotatable bonds is 7. The summed E-state index contributed by atoms with van der Waals surface area (Å²) < 4.78 is 46.8. The molecule has 2 aromatic carbocycles. The van der Waals surface area contributed by atoms with Crippen molar-refractivity contribution < 1.29 is 22.7 Å². The maximum Gasteiger partial charge on any atom is 0.416 e. The third-order valence-electron chi connectivity index (χ3n) is 7.30. The molecule has 0 unspecified atom stereocenters. The van der Waals surface area contributed by atoms with E-state index in [1.54, 1.807) is 42.3 Å². The lowest BCUT2D eigenvalue weighted by atomic mass is 10.1. The molecule has 0 bridgehead atoms. The van der Waals surface area contributed by atoms with Gasteiger partial charge in [0.1, 0.15) is 11.3 Å². The van der Waals surface area contributed by atoms with Gasteiger partial charge in [0.25, 0.3) is 11.5 Å². The highest BCUT2D eigenvalue weighted by atomic mass is 19.4. The first-order valence-electron chi connectivity index (χ1n) is 13.3. The number of nitrogens with one attached hydrogen (secondary N) is 1. The normalized spacial score (nSPS) is 14.1. The molecule has 5 rings (SSSR count). The zero-order chi connectivity index (χ0) is 29.3. The lowest BCUT2D eigenvalue weighted by Gasteiger charge is -2.36. The minimum absolute atomic E-state index is 0.148. The number of amides is 1. The molecule has 4 aromatic rings. The minimum Gasteiger partial charge on any atom is -0.484 e. The van der Waals surface area contributed by atoms with Crippen LogP contribution in [-0.4, -0.2) is 57.7 Å². The van der Waals surface area contributed by atoms with E-state index in [9.17, 15) is 27.6 Å². The van der Waals surface area contributed by atoms with E-state index in [1.807, 2.05) is 11.8 Å². The summed E-state index contributed by atoms with van der Waals surface area (Å²) >= 11 is 0. The van der Waals surface area contributed by atoms with Crippen LogP contribution in [0.4, 0.5) is 18.9 Å². The van der Waals surface area contributed by atoms with E-state index in [1.165, 1.54) is 21.3 Å². The van der Waals surface area contributed by atoms with Crippen LogP contribution in [0.15, 0.2) is 64.2 Å². The molecule has 0 atom stereocenters. The van der Waals surface area contributed by atoms with E-state index in [-0.39, 0.29) is 23.8 Å². The Hall–Kier alpha value is -4.48. The van der Waals surface area contributed by atoms with Crippen molar-refractivity contribution in [1.29, 1.82) is 0 Å². The molecular formula is C29H30F3N5O4. The van der Waals surface area contributed by atoms with Crippen molar-refractivity contribution in [1.82, 2.24) is 19.0 Å². The number of fused-ring (bicyclic) bond motifs is 1. The molecule has 41 heavy (non-hydrogen) atoms. The first-order chi connectivity index (χ1) is 19.6. The highest BCUT2D eigenvalue weighted by Crippen LogP contribution is 2.31. The first kappa shape index (κ1) is 28.1. The quantitative estimate of drug-likeness (QED) is 0.365. The van der Waals surface area contributed by atoms with E-state index in [4.69, 9.17) is 4.74 Å². The van der Waals surface area contributed by atoms with E-state index in [0.717, 1.165) is 17.7 Å². The molecule has 0 aliphatic carbocycles. The number of hydrogen-bond acceptors (Lipinski definition) is 5. The van der Waals surface area contributed by atoms with Crippen LogP contribution >= 0.6 is 0 Å². The third kappa shape index (κ3) is 5.72. The predicted octanol–water partition coefficient (Wildman–Crippen LogP) is 3.85. The van der Waals surface area contributed by atoms with Gasteiger partial charge in [0, 0.05) is 51.2 Å². The summed E-state index contributed by atoms with van der Waals surface area (Å²) in [7, 11) is 1.64. The topological polar surface area (TPSA) is 92.6 Å². The van der Waals surface area contributed by atoms with Crippen LogP contribution in [0.1, 0.15) is 18.9 Å². The summed E-state index contributed by atoms with van der Waals surface area (Å²) in [5.74, 6) is 0.320. The highest BCUT2D eigenvalue weighted by molar-refractivity contribution is 5.82. The number of carbonyl (C=O) groups excluding carboxylic acids is 1. The van der Waals surface area contributed by atoms with Crippen LogP contribution in [-0.2, 0) is 24.6 Å². The summed E-state index contributed by atoms with van der Waals surface area (Å²) in [4.78, 5) is 44.9. The van der Waals surface area contributed by atoms with Gasteiger partial charge in [-0.3, -0.25) is 18.7 Å². The molecule has 216 valence electrons. The average molecular weight is 570 g/mol. The maximum atomic E-state index is 12.8. The Morgan fingerprint density at radius 1 is 0.976 bits per heavy atom. The van der Waals surface area contributed by atoms with Gasteiger partial charge in [0.05, 0.1) is 11.1 Å². The molecule has 0 saturated carbocycles. The van der Waals surface area contributed by atoms with Crippen molar-refractivity contribution >= 4 is 22.6 Å². The monoisotopic (exact) mass is 569 g/mol. The number of halogens is 3. The zero-order valence-corrected chi connectivity index (χ0v) is 22.7. The Morgan fingerprint density at radius 2 is 1.63 bits per heavy atom. The second-order valence-corrected chi connectivity index (χ2v) is 9.97. The van der Waals surface area contributed by atoms with Crippen LogP contribution in [0.25, 0.3) is 22.3 Å². The lowest BCUT2D eigenvalue weighted by Crippen LogP contribution is -2.50. The van der Waals surface area contributed by atoms with E-state index < -0.39 is 11.7 Å². The summed E-state index contributed by atoms with van der Waals surface area (Å²) in [6.07, 6.45) is -3.71. The van der Waals surface area contributed by atoms with Crippen LogP contribution in [0.2, 0.25) is 0 Å². The number of hydrogen-bond donors (Lipinski definition) is 1. The third-order valence-corrected chi connectivity index (χ3v) is 7.30. The van der Waals surface area contributed by atoms with E-state index in [0.29, 0.717) is 67.3 Å². The lowest BCUT2D eigenvalue weighted by molar-refractivity contribution is -0.137. The SMILES string of the molecule is CCCn1c(=O)c2[nH]c(-c3ccc(OCC(=O)N4CCN(c5ccc(C(F)(F)F)cc5)CC4)cc3)cc2n(C)c1=O. The molecule has 0 spiro atoms. The smallest absolute Gasteiger partial charge is 0.416 e. The molecule has 2 aromatic heterocycles. The number of aromatic nitrogens is 3. The first-order valence-corrected chi connectivity index (χ1v) is 13.3. The van der Waals surface area contributed by atoms with Crippen molar-refractivity contribution in [3.05, 3.63) is 81.0 Å². The Kier molecular flexibility index (Phi) is 7.65. The molecule has 12 heteroatoms. The van der Waals surface area contributed by atoms with Gasteiger partial charge in [-0.2, -0.15) is 13.2 Å². The number of H-pyrrole nitrogens is 1. The summed E-state index contributed by atoms with van der Waals surface area (Å²) in [5, 5.41) is 0. The Labute approximate surface area is 233 Å². The van der Waals surface area contributed by atoms with Crippen molar-refractivity contribution in [2.45, 2.75) is 26.1 Å². The largest absolute Gasteiger partial charge is 0.484 e. The number of aromatic amines is 1. The average Bonchev–Trinajstić information content (AvgIpc) is 3.43. The van der Waals surface area contributed by atoms with E-state index in [2.05, 4.69) is 4.98 Å². The standard InChI is InChI=1S/C29H30F3N5O4/c1-3-12-37-27(39)26-24(34(2)28(37)40)17-23(33-26)19-4-10-22(11-5-19)41-18-25(38)36-15-13-35(14-16-36)21-8-6-20(7-9-21)29(30,31)32/h4-11,17,33H,3,12-16,18H2,1-2H3. The molecule has 1 aliphatic heterocycles. The number of nitrogens with zero attached hydrogens (tertiary/aromatic N) is 4. The maximum absolute atomic E-state index is 12.8. The fourth-order valence-electron chi connectivity index (χ4n) is 5.00. The van der Waals surface area contributed by atoms with Crippen molar-refractivity contribution in [2.75, 3.05) is 37.7 Å². The Balaban J connectivity index is 1.18. The zero-order valence-electron chi connectivity index (χ0n) is 22.7. The molecule has 1 aliphatic rings. The molecule has 9 nitrogen and oxygen atoms in total. The molecule has 1 amide bonds. The number of carbonyl (C=O) groups is 1. The van der Waals surface area contributed by atoms with Crippen molar-refractivity contribution in [3.8, 4) is 17.0 Å². The molecule has 0 radical (unpaired) electrons. The predicted molar refractivity (Wildman–Crippen MR) is 149 cm³/mol. The number of anilines is 1. The Morgan fingerprint density at radius 3 is 2.24 bits per heavy atom. The minimum atomic E-state index is -4.37. The van der Waals surface area contributed by atoms with Crippen molar-refractivity contribution in [3.63, 3.8) is 0 Å².